The highest BCUT2D eigenvalue weighted by Gasteiger charge is 2.36. The predicted molar refractivity (Wildman–Crippen MR) is 75.3 cm³/mol. The summed E-state index contributed by atoms with van der Waals surface area (Å²) >= 11 is 0. The lowest BCUT2D eigenvalue weighted by Gasteiger charge is -2.30. The van der Waals surface area contributed by atoms with Crippen LogP contribution in [0.1, 0.15) is 33.3 Å². The van der Waals surface area contributed by atoms with E-state index in [9.17, 15) is 4.79 Å². The number of ether oxygens (including phenoxy) is 2. The summed E-state index contributed by atoms with van der Waals surface area (Å²) < 4.78 is 10.3. The first-order valence-corrected chi connectivity index (χ1v) is 6.53. The van der Waals surface area contributed by atoms with Gasteiger partial charge in [-0.3, -0.25) is 5.32 Å². The van der Waals surface area contributed by atoms with Crippen molar-refractivity contribution in [3.63, 3.8) is 0 Å². The zero-order chi connectivity index (χ0) is 14.5. The first-order chi connectivity index (χ1) is 8.93. The third-order valence-corrected chi connectivity index (χ3v) is 2.91. The third-order valence-electron chi connectivity index (χ3n) is 2.91. The minimum absolute atomic E-state index is 0.163. The van der Waals surface area contributed by atoms with Crippen LogP contribution in [-0.2, 0) is 15.1 Å². The maximum absolute atomic E-state index is 12.1. The van der Waals surface area contributed by atoms with E-state index in [4.69, 9.17) is 9.47 Å². The van der Waals surface area contributed by atoms with Crippen molar-refractivity contribution in [1.29, 1.82) is 0 Å². The van der Waals surface area contributed by atoms with Crippen LogP contribution in [0, 0.1) is 0 Å². The van der Waals surface area contributed by atoms with Crippen LogP contribution in [0.3, 0.4) is 0 Å². The second-order valence-electron chi connectivity index (χ2n) is 4.87. The Morgan fingerprint density at radius 2 is 1.89 bits per heavy atom. The van der Waals surface area contributed by atoms with Crippen LogP contribution in [0.15, 0.2) is 24.3 Å². The Morgan fingerprint density at radius 1 is 1.32 bits per heavy atom. The predicted octanol–water partition coefficient (Wildman–Crippen LogP) is 2.47. The van der Waals surface area contributed by atoms with E-state index in [-0.39, 0.29) is 12.0 Å². The molecule has 0 radical (unpaired) electrons. The number of nitrogens with one attached hydrogen (secondary N) is 1. The SMILES string of the molecule is CCOc1ccc(C(C)(NC(C)C)C(=O)OC)cc1. The number of rotatable bonds is 6. The highest BCUT2D eigenvalue weighted by molar-refractivity contribution is 5.82. The molecule has 0 spiro atoms. The summed E-state index contributed by atoms with van der Waals surface area (Å²) in [5, 5.41) is 3.26. The maximum atomic E-state index is 12.1. The molecule has 0 aromatic heterocycles. The quantitative estimate of drug-likeness (QED) is 0.803. The molecule has 1 atom stereocenters. The summed E-state index contributed by atoms with van der Waals surface area (Å²) in [4.78, 5) is 12.1. The second kappa shape index (κ2) is 6.57. The van der Waals surface area contributed by atoms with Crippen LogP contribution in [-0.4, -0.2) is 25.7 Å². The van der Waals surface area contributed by atoms with Crippen molar-refractivity contribution in [3.05, 3.63) is 29.8 Å². The number of esters is 1. The molecule has 1 unspecified atom stereocenters. The first kappa shape index (κ1) is 15.5. The average Bonchev–Trinajstić information content (AvgIpc) is 2.38. The van der Waals surface area contributed by atoms with Gasteiger partial charge in [-0.2, -0.15) is 0 Å². The van der Waals surface area contributed by atoms with Gasteiger partial charge < -0.3 is 9.47 Å². The van der Waals surface area contributed by atoms with Crippen LogP contribution >= 0.6 is 0 Å². The molecular formula is C15H23NO3. The standard InChI is InChI=1S/C15H23NO3/c1-6-19-13-9-7-12(8-10-13)15(4,14(17)18-5)16-11(2)3/h7-11,16H,6H2,1-5H3. The van der Waals surface area contributed by atoms with Crippen molar-refractivity contribution < 1.29 is 14.3 Å². The number of hydrogen-bond donors (Lipinski definition) is 1. The Hall–Kier alpha value is -1.55. The normalized spacial score (nSPS) is 14.0. The van der Waals surface area contributed by atoms with E-state index in [1.165, 1.54) is 7.11 Å². The summed E-state index contributed by atoms with van der Waals surface area (Å²) in [5.74, 6) is 0.494. The van der Waals surface area contributed by atoms with Gasteiger partial charge in [0.2, 0.25) is 0 Å². The molecule has 0 saturated carbocycles. The lowest BCUT2D eigenvalue weighted by molar-refractivity contribution is -0.148. The van der Waals surface area contributed by atoms with Crippen LogP contribution in [0.4, 0.5) is 0 Å². The molecule has 0 aliphatic rings. The molecule has 1 aromatic carbocycles. The summed E-state index contributed by atoms with van der Waals surface area (Å²) in [5.41, 5.74) is 0.00436. The van der Waals surface area contributed by atoms with Crippen molar-refractivity contribution in [2.24, 2.45) is 0 Å². The summed E-state index contributed by atoms with van der Waals surface area (Å²) in [7, 11) is 1.40. The van der Waals surface area contributed by atoms with Crippen LogP contribution < -0.4 is 10.1 Å². The van der Waals surface area contributed by atoms with Crippen molar-refractivity contribution in [1.82, 2.24) is 5.32 Å². The van der Waals surface area contributed by atoms with Gasteiger partial charge in [0.15, 0.2) is 0 Å². The Bertz CT molecular complexity index is 414. The van der Waals surface area contributed by atoms with Crippen LogP contribution in [0.2, 0.25) is 0 Å². The van der Waals surface area contributed by atoms with Gasteiger partial charge in [0.25, 0.3) is 0 Å². The van der Waals surface area contributed by atoms with Gasteiger partial charge in [-0.05, 0) is 45.4 Å². The number of benzene rings is 1. The van der Waals surface area contributed by atoms with Gasteiger partial charge in [-0.25, -0.2) is 4.79 Å². The molecule has 0 aliphatic carbocycles. The van der Waals surface area contributed by atoms with Gasteiger partial charge in [0, 0.05) is 6.04 Å². The van der Waals surface area contributed by atoms with Gasteiger partial charge >= 0.3 is 5.97 Å². The molecule has 4 heteroatoms. The molecule has 0 amide bonds. The lowest BCUT2D eigenvalue weighted by Crippen LogP contribution is -2.50. The van der Waals surface area contributed by atoms with Gasteiger partial charge in [-0.15, -0.1) is 0 Å². The fourth-order valence-electron chi connectivity index (χ4n) is 2.09. The summed E-state index contributed by atoms with van der Waals surface area (Å²) in [6, 6.07) is 7.66. The molecule has 19 heavy (non-hydrogen) atoms. The molecule has 0 heterocycles. The van der Waals surface area contributed by atoms with Crippen molar-refractivity contribution in [2.75, 3.05) is 13.7 Å². The summed E-state index contributed by atoms with van der Waals surface area (Å²) in [6.07, 6.45) is 0. The topological polar surface area (TPSA) is 47.6 Å². The maximum Gasteiger partial charge on any atom is 0.330 e. The molecule has 0 saturated heterocycles. The minimum Gasteiger partial charge on any atom is -0.494 e. The van der Waals surface area contributed by atoms with E-state index in [0.29, 0.717) is 6.61 Å². The van der Waals surface area contributed by atoms with Crippen molar-refractivity contribution >= 4 is 5.97 Å². The third kappa shape index (κ3) is 3.70. The van der Waals surface area contributed by atoms with Gasteiger partial charge in [0.05, 0.1) is 13.7 Å². The Kier molecular flexibility index (Phi) is 5.36. The van der Waals surface area contributed by atoms with Crippen LogP contribution in [0.5, 0.6) is 5.75 Å². The molecule has 1 N–H and O–H groups in total. The number of methoxy groups -OCH3 is 1. The van der Waals surface area contributed by atoms with E-state index in [1.807, 2.05) is 52.0 Å². The highest BCUT2D eigenvalue weighted by Crippen LogP contribution is 2.25. The summed E-state index contributed by atoms with van der Waals surface area (Å²) in [6.45, 7) is 8.38. The molecule has 0 aliphatic heterocycles. The largest absolute Gasteiger partial charge is 0.494 e. The zero-order valence-electron chi connectivity index (χ0n) is 12.3. The Balaban J connectivity index is 3.07. The van der Waals surface area contributed by atoms with Crippen molar-refractivity contribution in [3.8, 4) is 5.75 Å². The smallest absolute Gasteiger partial charge is 0.330 e. The molecule has 4 nitrogen and oxygen atoms in total. The van der Waals surface area contributed by atoms with Gasteiger partial charge in [0.1, 0.15) is 11.3 Å². The minimum atomic E-state index is -0.854. The van der Waals surface area contributed by atoms with Crippen LogP contribution in [0.25, 0.3) is 0 Å². The Morgan fingerprint density at radius 3 is 2.32 bits per heavy atom. The fraction of sp³-hybridized carbons (Fsp3) is 0.533. The monoisotopic (exact) mass is 265 g/mol. The van der Waals surface area contributed by atoms with E-state index in [0.717, 1.165) is 11.3 Å². The van der Waals surface area contributed by atoms with Gasteiger partial charge in [-0.1, -0.05) is 12.1 Å². The van der Waals surface area contributed by atoms with E-state index >= 15 is 0 Å². The molecule has 0 bridgehead atoms. The molecule has 0 fully saturated rings. The Labute approximate surface area is 115 Å². The number of hydrogen-bond acceptors (Lipinski definition) is 4. The second-order valence-corrected chi connectivity index (χ2v) is 4.87. The molecule has 1 rings (SSSR count). The fourth-order valence-corrected chi connectivity index (χ4v) is 2.09. The zero-order valence-corrected chi connectivity index (χ0v) is 12.3. The van der Waals surface area contributed by atoms with E-state index < -0.39 is 5.54 Å². The highest BCUT2D eigenvalue weighted by atomic mass is 16.5. The molecular weight excluding hydrogens is 242 g/mol. The molecule has 1 aromatic rings. The van der Waals surface area contributed by atoms with E-state index in [1.54, 1.807) is 0 Å². The first-order valence-electron chi connectivity index (χ1n) is 6.53. The number of carbonyl (C=O) groups is 1. The lowest BCUT2D eigenvalue weighted by atomic mass is 9.91. The van der Waals surface area contributed by atoms with Crippen molar-refractivity contribution in [2.45, 2.75) is 39.3 Å². The molecule has 106 valence electrons. The number of carbonyl (C=O) groups excluding carboxylic acids is 1. The van der Waals surface area contributed by atoms with E-state index in [2.05, 4.69) is 5.32 Å². The average molecular weight is 265 g/mol.